The van der Waals surface area contributed by atoms with E-state index in [1.165, 1.54) is 12.2 Å². The summed E-state index contributed by atoms with van der Waals surface area (Å²) >= 11 is 6.84. The number of hydrogen-bond donors (Lipinski definition) is 3. The van der Waals surface area contributed by atoms with Gasteiger partial charge in [0.2, 0.25) is 0 Å². The summed E-state index contributed by atoms with van der Waals surface area (Å²) < 4.78 is 5.82. The van der Waals surface area contributed by atoms with Crippen molar-refractivity contribution in [3.63, 3.8) is 0 Å². The first-order chi connectivity index (χ1) is 16.4. The number of carbonyl (C=O) groups is 2. The molecule has 1 aliphatic heterocycles. The van der Waals surface area contributed by atoms with Crippen LogP contribution >= 0.6 is 11.6 Å². The number of carbonyl (C=O) groups excluding carboxylic acids is 2. The summed E-state index contributed by atoms with van der Waals surface area (Å²) in [7, 11) is 0. The molecule has 0 aromatic carbocycles. The Morgan fingerprint density at radius 3 is 2.57 bits per heavy atom. The number of aliphatic hydroxyl groups is 3. The first kappa shape index (κ1) is 25.4. The molecule has 1 heterocycles. The predicted octanol–water partition coefficient (Wildman–Crippen LogP) is 3.55. The lowest BCUT2D eigenvalue weighted by molar-refractivity contribution is -0.215. The first-order valence-corrected chi connectivity index (χ1v) is 13.6. The Kier molecular flexibility index (Phi) is 6.11. The van der Waals surface area contributed by atoms with Crippen LogP contribution in [-0.2, 0) is 14.3 Å². The van der Waals surface area contributed by atoms with Gasteiger partial charge in [-0.25, -0.2) is 4.79 Å². The Labute approximate surface area is 212 Å². The molecule has 3 fully saturated rings. The van der Waals surface area contributed by atoms with Gasteiger partial charge in [-0.15, -0.1) is 11.6 Å². The van der Waals surface area contributed by atoms with E-state index >= 15 is 0 Å². The van der Waals surface area contributed by atoms with Crippen molar-refractivity contribution in [3.05, 3.63) is 23.3 Å². The minimum Gasteiger partial charge on any atom is -0.458 e. The van der Waals surface area contributed by atoms with Gasteiger partial charge >= 0.3 is 5.97 Å². The van der Waals surface area contributed by atoms with Gasteiger partial charge in [-0.1, -0.05) is 19.4 Å². The summed E-state index contributed by atoms with van der Waals surface area (Å²) in [6.45, 7) is 7.99. The Morgan fingerprint density at radius 1 is 1.20 bits per heavy atom. The van der Waals surface area contributed by atoms with Crippen LogP contribution in [0, 0.1) is 40.4 Å². The lowest BCUT2D eigenvalue weighted by atomic mass is 9.43. The van der Waals surface area contributed by atoms with E-state index in [4.69, 9.17) is 16.3 Å². The summed E-state index contributed by atoms with van der Waals surface area (Å²) in [4.78, 5) is 25.8. The number of esters is 1. The zero-order valence-corrected chi connectivity index (χ0v) is 21.9. The van der Waals surface area contributed by atoms with Crippen molar-refractivity contribution < 1.29 is 29.6 Å². The molecule has 0 amide bonds. The molecule has 11 atom stereocenters. The Bertz CT molecular complexity index is 990. The van der Waals surface area contributed by atoms with Crippen LogP contribution in [0.3, 0.4) is 0 Å². The third-order valence-corrected chi connectivity index (χ3v) is 11.9. The molecule has 7 heteroatoms. The van der Waals surface area contributed by atoms with Crippen molar-refractivity contribution in [1.82, 2.24) is 0 Å². The largest absolute Gasteiger partial charge is 0.458 e. The highest BCUT2D eigenvalue weighted by Gasteiger charge is 2.71. The molecule has 0 bridgehead atoms. The molecule has 194 valence electrons. The van der Waals surface area contributed by atoms with Crippen molar-refractivity contribution in [1.29, 1.82) is 0 Å². The highest BCUT2D eigenvalue weighted by molar-refractivity contribution is 6.22. The van der Waals surface area contributed by atoms with Crippen molar-refractivity contribution >= 4 is 23.4 Å². The first-order valence-electron chi connectivity index (χ1n) is 13.2. The van der Waals surface area contributed by atoms with Crippen LogP contribution < -0.4 is 0 Å². The van der Waals surface area contributed by atoms with Crippen LogP contribution in [0.1, 0.15) is 66.2 Å². The Hall–Kier alpha value is -1.21. The van der Waals surface area contributed by atoms with Crippen molar-refractivity contribution in [3.8, 4) is 0 Å². The molecule has 35 heavy (non-hydrogen) atoms. The fourth-order valence-corrected chi connectivity index (χ4v) is 9.81. The second-order valence-corrected chi connectivity index (χ2v) is 13.0. The average molecular weight is 507 g/mol. The molecule has 6 nitrogen and oxygen atoms in total. The number of alkyl halides is 1. The minimum absolute atomic E-state index is 0.0243. The van der Waals surface area contributed by atoms with Gasteiger partial charge in [0, 0.05) is 6.42 Å². The van der Waals surface area contributed by atoms with E-state index in [2.05, 4.69) is 13.8 Å². The smallest absolute Gasteiger partial charge is 0.336 e. The van der Waals surface area contributed by atoms with Crippen LogP contribution in [0.5, 0.6) is 0 Å². The SMILES string of the molecule is CC1=C(CO)C(=O)O[C@@H]([C@@H](C)[C@H]2CC[C@H]3[C@@H]4C[C@H](Cl)[C@]5(O)[C@@H](O)C=CC(=O)[C@]5(C)[C@H]4CC[C@]23C)C1. The summed E-state index contributed by atoms with van der Waals surface area (Å²) in [5, 5.41) is 31.2. The second kappa shape index (κ2) is 8.41. The molecule has 5 rings (SSSR count). The maximum Gasteiger partial charge on any atom is 0.336 e. The number of rotatable bonds is 3. The van der Waals surface area contributed by atoms with Gasteiger partial charge in [-0.05, 0) is 93.1 Å². The van der Waals surface area contributed by atoms with Gasteiger partial charge in [-0.2, -0.15) is 0 Å². The van der Waals surface area contributed by atoms with Gasteiger partial charge in [-0.3, -0.25) is 4.79 Å². The average Bonchev–Trinajstić information content (AvgIpc) is 3.16. The van der Waals surface area contributed by atoms with E-state index in [1.807, 2.05) is 13.8 Å². The third kappa shape index (κ3) is 3.25. The van der Waals surface area contributed by atoms with Gasteiger partial charge in [0.15, 0.2) is 5.78 Å². The summed E-state index contributed by atoms with van der Waals surface area (Å²) in [5.74, 6) is 0.520. The number of hydrogen-bond acceptors (Lipinski definition) is 6. The fraction of sp³-hybridized carbons (Fsp3) is 0.786. The zero-order valence-electron chi connectivity index (χ0n) is 21.2. The quantitative estimate of drug-likeness (QED) is 0.399. The maximum atomic E-state index is 13.3. The third-order valence-electron chi connectivity index (χ3n) is 11.3. The van der Waals surface area contributed by atoms with Crippen LogP contribution in [-0.4, -0.2) is 56.9 Å². The number of halogens is 1. The monoisotopic (exact) mass is 506 g/mol. The number of ketones is 1. The highest BCUT2D eigenvalue weighted by atomic mass is 35.5. The predicted molar refractivity (Wildman–Crippen MR) is 131 cm³/mol. The molecule has 0 aromatic rings. The number of aliphatic hydroxyl groups excluding tert-OH is 2. The molecule has 0 aromatic heterocycles. The van der Waals surface area contributed by atoms with Crippen molar-refractivity contribution in [2.75, 3.05) is 6.61 Å². The van der Waals surface area contributed by atoms with E-state index in [0.29, 0.717) is 30.3 Å². The molecular weight excluding hydrogens is 468 g/mol. The van der Waals surface area contributed by atoms with Crippen LogP contribution in [0.4, 0.5) is 0 Å². The molecule has 5 aliphatic rings. The lowest BCUT2D eigenvalue weighted by Crippen LogP contribution is -2.72. The van der Waals surface area contributed by atoms with Crippen molar-refractivity contribution in [2.45, 2.75) is 89.4 Å². The van der Waals surface area contributed by atoms with Crippen LogP contribution in [0.25, 0.3) is 0 Å². The number of fused-ring (bicyclic) bond motifs is 5. The molecule has 3 N–H and O–H groups in total. The molecule has 4 aliphatic carbocycles. The Morgan fingerprint density at radius 2 is 1.91 bits per heavy atom. The fourth-order valence-electron chi connectivity index (χ4n) is 9.25. The molecular formula is C28H39ClO6. The standard InChI is InChI=1S/C28H39ClO6/c1-14-11-21(35-25(33)17(14)13-30)15(2)18-5-6-19-16-12-22(29)28(34)24(32)8-7-23(31)27(28,4)20(16)9-10-26(18,19)3/h7-8,15-16,18-22,24,30,32,34H,5-6,9-13H2,1-4H3/t15-,16-,18+,19-,20-,21+,22-,24-,26+,27-,28-/m0/s1. The normalized spacial score (nSPS) is 50.3. The molecule has 0 radical (unpaired) electrons. The number of cyclic esters (lactones) is 1. The van der Waals surface area contributed by atoms with Gasteiger partial charge in [0.05, 0.1) is 23.0 Å². The topological polar surface area (TPSA) is 104 Å². The van der Waals surface area contributed by atoms with E-state index in [-0.39, 0.29) is 41.7 Å². The van der Waals surface area contributed by atoms with Crippen LogP contribution in [0.15, 0.2) is 23.3 Å². The Balaban J connectivity index is 1.43. The van der Waals surface area contributed by atoms with Gasteiger partial charge in [0.1, 0.15) is 17.8 Å². The van der Waals surface area contributed by atoms with Gasteiger partial charge in [0.25, 0.3) is 0 Å². The highest BCUT2D eigenvalue weighted by Crippen LogP contribution is 2.69. The van der Waals surface area contributed by atoms with E-state index in [0.717, 1.165) is 31.3 Å². The zero-order chi connectivity index (χ0) is 25.5. The lowest BCUT2D eigenvalue weighted by Gasteiger charge is -2.64. The minimum atomic E-state index is -1.66. The molecule has 0 saturated heterocycles. The number of ether oxygens (including phenoxy) is 1. The van der Waals surface area contributed by atoms with Gasteiger partial charge < -0.3 is 20.1 Å². The van der Waals surface area contributed by atoms with E-state index < -0.39 is 28.5 Å². The maximum absolute atomic E-state index is 13.3. The molecule has 0 unspecified atom stereocenters. The van der Waals surface area contributed by atoms with Crippen LogP contribution in [0.2, 0.25) is 0 Å². The van der Waals surface area contributed by atoms with E-state index in [9.17, 15) is 24.9 Å². The van der Waals surface area contributed by atoms with E-state index in [1.54, 1.807) is 0 Å². The summed E-state index contributed by atoms with van der Waals surface area (Å²) in [5.41, 5.74) is -1.45. The summed E-state index contributed by atoms with van der Waals surface area (Å²) in [6.07, 6.45) is 6.48. The molecule has 3 saturated carbocycles. The molecule has 0 spiro atoms. The summed E-state index contributed by atoms with van der Waals surface area (Å²) in [6, 6.07) is 0. The van der Waals surface area contributed by atoms with Crippen molar-refractivity contribution in [2.24, 2.45) is 40.4 Å². The number of allylic oxidation sites excluding steroid dienone is 1. The second-order valence-electron chi connectivity index (χ2n) is 12.4.